The summed E-state index contributed by atoms with van der Waals surface area (Å²) in [5.41, 5.74) is 4.86. The Hall–Kier alpha value is -5.38. The molecule has 0 N–H and O–H groups in total. The van der Waals surface area contributed by atoms with Crippen molar-refractivity contribution >= 4 is 111 Å². The number of hydrogen-bond donors (Lipinski definition) is 0. The van der Waals surface area contributed by atoms with E-state index in [0.717, 1.165) is 0 Å². The molecule has 0 aliphatic rings. The van der Waals surface area contributed by atoms with E-state index >= 15 is 0 Å². The number of benzene rings is 11. The van der Waals surface area contributed by atoms with E-state index in [4.69, 9.17) is 2.85 Å². The van der Waals surface area contributed by atoms with Crippen LogP contribution in [0.2, 0.25) is 0 Å². The average Bonchev–Trinajstić information content (AvgIpc) is 3.23. The average molecular weight is 806 g/mol. The molecule has 0 aromatic heterocycles. The van der Waals surface area contributed by atoms with Gasteiger partial charge in [-0.3, -0.25) is 0 Å². The molecule has 0 heterocycles. The van der Waals surface area contributed by atoms with Crippen LogP contribution in [0.1, 0.15) is 0 Å². The van der Waals surface area contributed by atoms with Crippen molar-refractivity contribution < 1.29 is 2.85 Å². The molecule has 0 atom stereocenters. The van der Waals surface area contributed by atoms with E-state index in [1.165, 1.54) is 103 Å². The van der Waals surface area contributed by atoms with Gasteiger partial charge in [0.2, 0.25) is 0 Å². The molecule has 0 aliphatic heterocycles. The molecule has 248 valence electrons. The molecule has 0 radical (unpaired) electrons. The monoisotopic (exact) mass is 805 g/mol. The fourth-order valence-electron chi connectivity index (χ4n) is 8.92. The lowest BCUT2D eigenvalue weighted by molar-refractivity contribution is 0.808. The summed E-state index contributed by atoms with van der Waals surface area (Å²) in [5.74, 6) is 0. The van der Waals surface area contributed by atoms with Crippen molar-refractivity contribution in [1.29, 1.82) is 0 Å². The zero-order chi connectivity index (χ0) is 35.1. The summed E-state index contributed by atoms with van der Waals surface area (Å²) < 4.78 is 6.92. The lowest BCUT2D eigenvalue weighted by atomic mass is 9.90. The predicted octanol–water partition coefficient (Wildman–Crippen LogP) is 13.4. The largest absolute Gasteiger partial charge is 0.256 e. The van der Waals surface area contributed by atoms with Crippen molar-refractivity contribution in [1.82, 2.24) is 0 Å². The van der Waals surface area contributed by atoms with Crippen molar-refractivity contribution in [3.8, 4) is 22.3 Å². The number of hydrogen-bond acceptors (Lipinski definition) is 1. The number of rotatable bonds is 6. The molecule has 0 unspecified atom stereocenters. The van der Waals surface area contributed by atoms with E-state index in [1.807, 2.05) is 0 Å². The van der Waals surface area contributed by atoms with Crippen LogP contribution in [0, 0.1) is 0 Å². The smallest absolute Gasteiger partial charge is 0.157 e. The Kier molecular flexibility index (Phi) is 7.11. The van der Waals surface area contributed by atoms with Gasteiger partial charge in [-0.1, -0.05) is 152 Å². The van der Waals surface area contributed by atoms with E-state index in [-0.39, 0.29) is 0 Å². The van der Waals surface area contributed by atoms with Crippen LogP contribution in [0.3, 0.4) is 0 Å². The van der Waals surface area contributed by atoms with Crippen LogP contribution in [0.5, 0.6) is 0 Å². The molecular formula is C50H31IOP+. The number of halogens is 1. The molecule has 3 heteroatoms. The van der Waals surface area contributed by atoms with Crippen LogP contribution in [0.15, 0.2) is 188 Å². The fraction of sp³-hybridized carbons (Fsp3) is 0. The zero-order valence-corrected chi connectivity index (χ0v) is 31.7. The van der Waals surface area contributed by atoms with Gasteiger partial charge in [-0.15, -0.1) is 0 Å². The first-order chi connectivity index (χ1) is 26.2. The van der Waals surface area contributed by atoms with Gasteiger partial charge in [-0.2, -0.15) is 2.85 Å². The van der Waals surface area contributed by atoms with Crippen LogP contribution in [-0.4, -0.2) is 0 Å². The van der Waals surface area contributed by atoms with E-state index in [0.29, 0.717) is 0 Å². The van der Waals surface area contributed by atoms with Gasteiger partial charge < -0.3 is 0 Å². The van der Waals surface area contributed by atoms with Gasteiger partial charge >= 0.3 is 0 Å². The van der Waals surface area contributed by atoms with E-state index in [1.54, 1.807) is 0 Å². The van der Waals surface area contributed by atoms with Crippen LogP contribution >= 0.6 is 30.5 Å². The standard InChI is InChI=1S/C50H31IOP/c51-52-53(40-14-2-1-3-15-40,41-16-6-12-38(30-41)43-26-22-36-20-18-32-8-4-10-34-24-28-45(43)49(36)47(32)34)42-17-7-13-39(31-42)44-27-23-37-21-19-33-9-5-11-35-25-29-46(44)50(37)48(33)35/h1-31H/q+1. The normalized spacial score (nSPS) is 12.3. The highest BCUT2D eigenvalue weighted by atomic mass is 127. The van der Waals surface area contributed by atoms with Crippen LogP contribution in [-0.2, 0) is 2.85 Å². The molecule has 0 fully saturated rings. The highest BCUT2D eigenvalue weighted by molar-refractivity contribution is 14.1. The maximum Gasteiger partial charge on any atom is 0.256 e. The molecule has 0 saturated heterocycles. The molecule has 0 bridgehead atoms. The summed E-state index contributed by atoms with van der Waals surface area (Å²) in [6.45, 7) is 0. The fourth-order valence-corrected chi connectivity index (χ4v) is 13.9. The Morgan fingerprint density at radius 1 is 0.321 bits per heavy atom. The Balaban J connectivity index is 1.12. The molecule has 1 nitrogen and oxygen atoms in total. The Morgan fingerprint density at radius 2 is 0.698 bits per heavy atom. The lowest BCUT2D eigenvalue weighted by Gasteiger charge is -2.24. The maximum atomic E-state index is 6.92. The first-order valence-electron chi connectivity index (χ1n) is 18.0. The van der Waals surface area contributed by atoms with E-state index in [9.17, 15) is 0 Å². The van der Waals surface area contributed by atoms with Gasteiger partial charge in [0.25, 0.3) is 7.49 Å². The molecule has 0 aliphatic carbocycles. The van der Waals surface area contributed by atoms with Crippen LogP contribution in [0.4, 0.5) is 0 Å². The summed E-state index contributed by atoms with van der Waals surface area (Å²) in [6.07, 6.45) is 0. The van der Waals surface area contributed by atoms with Crippen molar-refractivity contribution in [2.45, 2.75) is 0 Å². The molecule has 11 aromatic rings. The summed E-state index contributed by atoms with van der Waals surface area (Å²) >= 11 is 2.18. The van der Waals surface area contributed by atoms with Crippen LogP contribution in [0.25, 0.3) is 86.9 Å². The third kappa shape index (κ3) is 4.63. The maximum absolute atomic E-state index is 6.92. The summed E-state index contributed by atoms with van der Waals surface area (Å²) in [6, 6.07) is 69.6. The third-order valence-electron chi connectivity index (χ3n) is 11.3. The molecule has 0 amide bonds. The third-order valence-corrected chi connectivity index (χ3v) is 16.3. The second-order valence-electron chi connectivity index (χ2n) is 14.1. The minimum atomic E-state index is -2.58. The Labute approximate surface area is 322 Å². The molecule has 53 heavy (non-hydrogen) atoms. The lowest BCUT2D eigenvalue weighted by Crippen LogP contribution is -2.31. The first kappa shape index (κ1) is 31.2. The quantitative estimate of drug-likeness (QED) is 0.0924. The minimum Gasteiger partial charge on any atom is -0.157 e. The molecule has 11 rings (SSSR count). The van der Waals surface area contributed by atoms with Gasteiger partial charge in [0.05, 0.1) is 0 Å². The summed E-state index contributed by atoms with van der Waals surface area (Å²) in [4.78, 5) is 0. The van der Waals surface area contributed by atoms with Gasteiger partial charge in [0, 0.05) is 0 Å². The zero-order valence-electron chi connectivity index (χ0n) is 28.6. The summed E-state index contributed by atoms with van der Waals surface area (Å²) in [5, 5.41) is 19.1. The van der Waals surface area contributed by atoms with Gasteiger partial charge in [-0.25, -0.2) is 0 Å². The topological polar surface area (TPSA) is 9.23 Å². The van der Waals surface area contributed by atoms with Gasteiger partial charge in [0.1, 0.15) is 15.9 Å². The SMILES string of the molecule is IO[P+](c1ccccc1)(c1cccc(-c2ccc3ccc4cccc5ccc2c3c45)c1)c1cccc(-c2ccc3ccc4cccc5ccc2c3c45)c1. The highest BCUT2D eigenvalue weighted by Crippen LogP contribution is 2.59. The second kappa shape index (κ2) is 12.1. The van der Waals surface area contributed by atoms with E-state index < -0.39 is 7.49 Å². The van der Waals surface area contributed by atoms with Crippen molar-refractivity contribution in [2.24, 2.45) is 0 Å². The minimum absolute atomic E-state index is 1.19. The van der Waals surface area contributed by atoms with Crippen molar-refractivity contribution in [2.75, 3.05) is 0 Å². The van der Waals surface area contributed by atoms with Crippen molar-refractivity contribution in [3.05, 3.63) is 188 Å². The van der Waals surface area contributed by atoms with Gasteiger partial charge in [0.15, 0.2) is 23.0 Å². The Bertz CT molecular complexity index is 2950. The second-order valence-corrected chi connectivity index (χ2v) is 18.1. The van der Waals surface area contributed by atoms with Crippen LogP contribution < -0.4 is 15.9 Å². The van der Waals surface area contributed by atoms with Crippen molar-refractivity contribution in [3.63, 3.8) is 0 Å². The predicted molar refractivity (Wildman–Crippen MR) is 239 cm³/mol. The van der Waals surface area contributed by atoms with Gasteiger partial charge in [-0.05, 0) is 123 Å². The molecule has 11 aromatic carbocycles. The van der Waals surface area contributed by atoms with E-state index in [2.05, 4.69) is 211 Å². The molecule has 0 spiro atoms. The first-order valence-corrected chi connectivity index (χ1v) is 20.6. The Morgan fingerprint density at radius 3 is 1.15 bits per heavy atom. The molecule has 0 saturated carbocycles. The molecular weight excluding hydrogens is 774 g/mol. The highest BCUT2D eigenvalue weighted by Gasteiger charge is 2.48. The summed E-state index contributed by atoms with van der Waals surface area (Å²) in [7, 11) is -2.58.